The Morgan fingerprint density at radius 3 is 2.62 bits per heavy atom. The molecule has 0 aliphatic heterocycles. The first kappa shape index (κ1) is 17.5. The third-order valence-electron chi connectivity index (χ3n) is 3.95. The number of hydrogen-bond donors (Lipinski definition) is 2. The van der Waals surface area contributed by atoms with Gasteiger partial charge in [0.15, 0.2) is 0 Å². The molecule has 3 aromatic rings. The van der Waals surface area contributed by atoms with E-state index in [2.05, 4.69) is 45.5 Å². The van der Waals surface area contributed by atoms with Crippen LogP contribution in [0.1, 0.15) is 41.4 Å². The maximum Gasteiger partial charge on any atom is 0.270 e. The van der Waals surface area contributed by atoms with E-state index in [4.69, 9.17) is 0 Å². The van der Waals surface area contributed by atoms with Gasteiger partial charge in [-0.25, -0.2) is 9.97 Å². The van der Waals surface area contributed by atoms with Gasteiger partial charge in [-0.15, -0.1) is 0 Å². The number of amides is 1. The fourth-order valence-corrected chi connectivity index (χ4v) is 2.58. The standard InChI is InChI=1S/C20H21N5O/c1-14(2)16-5-3-4-6-17(16)25-19-11-18(23-13-24-19)20(26)22-12-15-7-9-21-10-8-15/h3-11,13-14H,12H2,1-2H3,(H,22,26)(H,23,24,25). The van der Waals surface area contributed by atoms with Gasteiger partial charge in [0.2, 0.25) is 0 Å². The molecule has 2 aromatic heterocycles. The number of nitrogens with zero attached hydrogens (tertiary/aromatic N) is 3. The number of benzene rings is 1. The second kappa shape index (κ2) is 8.20. The van der Waals surface area contributed by atoms with E-state index in [1.807, 2.05) is 30.3 Å². The van der Waals surface area contributed by atoms with Crippen LogP contribution >= 0.6 is 0 Å². The van der Waals surface area contributed by atoms with Crippen molar-refractivity contribution in [2.75, 3.05) is 5.32 Å². The van der Waals surface area contributed by atoms with E-state index >= 15 is 0 Å². The van der Waals surface area contributed by atoms with Crippen LogP contribution in [0.25, 0.3) is 0 Å². The highest BCUT2D eigenvalue weighted by atomic mass is 16.1. The van der Waals surface area contributed by atoms with E-state index in [-0.39, 0.29) is 5.91 Å². The lowest BCUT2D eigenvalue weighted by Crippen LogP contribution is -2.24. The summed E-state index contributed by atoms with van der Waals surface area (Å²) in [6.45, 7) is 4.70. The number of rotatable bonds is 6. The lowest BCUT2D eigenvalue weighted by molar-refractivity contribution is 0.0946. The van der Waals surface area contributed by atoms with Gasteiger partial charge in [-0.3, -0.25) is 9.78 Å². The zero-order valence-electron chi connectivity index (χ0n) is 14.8. The summed E-state index contributed by atoms with van der Waals surface area (Å²) in [7, 11) is 0. The van der Waals surface area contributed by atoms with Crippen molar-refractivity contribution in [3.63, 3.8) is 0 Å². The number of anilines is 2. The second-order valence-corrected chi connectivity index (χ2v) is 6.19. The van der Waals surface area contributed by atoms with E-state index in [1.54, 1.807) is 18.5 Å². The molecule has 0 unspecified atom stereocenters. The quantitative estimate of drug-likeness (QED) is 0.711. The predicted molar refractivity (Wildman–Crippen MR) is 101 cm³/mol. The Hall–Kier alpha value is -3.28. The Labute approximate surface area is 152 Å². The minimum atomic E-state index is -0.246. The molecule has 0 radical (unpaired) electrons. The SMILES string of the molecule is CC(C)c1ccccc1Nc1cc(C(=O)NCc2ccncc2)ncn1. The summed E-state index contributed by atoms with van der Waals surface area (Å²) in [4.78, 5) is 24.6. The Kier molecular flexibility index (Phi) is 5.53. The molecule has 1 amide bonds. The van der Waals surface area contributed by atoms with Gasteiger partial charge in [0.25, 0.3) is 5.91 Å². The van der Waals surface area contributed by atoms with Crippen LogP contribution < -0.4 is 10.6 Å². The fraction of sp³-hybridized carbons (Fsp3) is 0.200. The number of pyridine rings is 1. The third kappa shape index (κ3) is 4.42. The van der Waals surface area contributed by atoms with Crippen molar-refractivity contribution in [2.24, 2.45) is 0 Å². The monoisotopic (exact) mass is 347 g/mol. The molecule has 132 valence electrons. The highest BCUT2D eigenvalue weighted by Gasteiger charge is 2.11. The van der Waals surface area contributed by atoms with Crippen molar-refractivity contribution < 1.29 is 4.79 Å². The molecular formula is C20H21N5O. The smallest absolute Gasteiger partial charge is 0.270 e. The zero-order chi connectivity index (χ0) is 18.4. The van der Waals surface area contributed by atoms with Crippen LogP contribution in [0.2, 0.25) is 0 Å². The number of carbonyl (C=O) groups excluding carboxylic acids is 1. The van der Waals surface area contributed by atoms with Crippen LogP contribution in [-0.4, -0.2) is 20.9 Å². The highest BCUT2D eigenvalue weighted by molar-refractivity contribution is 5.92. The van der Waals surface area contributed by atoms with E-state index in [0.717, 1.165) is 11.3 Å². The van der Waals surface area contributed by atoms with Crippen molar-refractivity contribution in [3.05, 3.63) is 78.0 Å². The summed E-state index contributed by atoms with van der Waals surface area (Å²) in [5.41, 5.74) is 3.46. The van der Waals surface area contributed by atoms with Crippen molar-refractivity contribution >= 4 is 17.4 Å². The normalized spacial score (nSPS) is 10.6. The number of para-hydroxylation sites is 1. The molecule has 0 fully saturated rings. The summed E-state index contributed by atoms with van der Waals surface area (Å²) >= 11 is 0. The molecule has 6 heteroatoms. The molecule has 1 aromatic carbocycles. The Bertz CT molecular complexity index is 880. The van der Waals surface area contributed by atoms with E-state index in [0.29, 0.717) is 24.0 Å². The van der Waals surface area contributed by atoms with Crippen molar-refractivity contribution in [1.82, 2.24) is 20.3 Å². The molecule has 0 saturated heterocycles. The average molecular weight is 347 g/mol. The molecule has 2 heterocycles. The molecule has 6 nitrogen and oxygen atoms in total. The first-order valence-electron chi connectivity index (χ1n) is 8.48. The summed E-state index contributed by atoms with van der Waals surface area (Å²) in [6.07, 6.45) is 4.78. The highest BCUT2D eigenvalue weighted by Crippen LogP contribution is 2.26. The van der Waals surface area contributed by atoms with Gasteiger partial charge < -0.3 is 10.6 Å². The molecule has 0 bridgehead atoms. The van der Waals surface area contributed by atoms with Gasteiger partial charge in [-0.2, -0.15) is 0 Å². The molecular weight excluding hydrogens is 326 g/mol. The van der Waals surface area contributed by atoms with Gasteiger partial charge in [0.1, 0.15) is 17.8 Å². The Morgan fingerprint density at radius 2 is 1.85 bits per heavy atom. The number of nitrogens with one attached hydrogen (secondary N) is 2. The van der Waals surface area contributed by atoms with Gasteiger partial charge in [0, 0.05) is 30.7 Å². The maximum absolute atomic E-state index is 12.4. The van der Waals surface area contributed by atoms with Crippen molar-refractivity contribution in [2.45, 2.75) is 26.3 Å². The molecule has 3 rings (SSSR count). The van der Waals surface area contributed by atoms with E-state index in [1.165, 1.54) is 11.9 Å². The van der Waals surface area contributed by atoms with Crippen LogP contribution in [-0.2, 0) is 6.54 Å². The third-order valence-corrected chi connectivity index (χ3v) is 3.95. The van der Waals surface area contributed by atoms with Gasteiger partial charge in [0.05, 0.1) is 0 Å². The molecule has 0 aliphatic carbocycles. The Balaban J connectivity index is 1.71. The number of aromatic nitrogens is 3. The largest absolute Gasteiger partial charge is 0.347 e. The summed E-state index contributed by atoms with van der Waals surface area (Å²) in [5, 5.41) is 6.13. The van der Waals surface area contributed by atoms with E-state index < -0.39 is 0 Å². The summed E-state index contributed by atoms with van der Waals surface area (Å²) < 4.78 is 0. The number of hydrogen-bond acceptors (Lipinski definition) is 5. The van der Waals surface area contributed by atoms with Gasteiger partial charge in [-0.1, -0.05) is 32.0 Å². The zero-order valence-corrected chi connectivity index (χ0v) is 14.8. The molecule has 0 saturated carbocycles. The van der Waals surface area contributed by atoms with Gasteiger partial charge in [-0.05, 0) is 35.2 Å². The lowest BCUT2D eigenvalue weighted by Gasteiger charge is -2.14. The predicted octanol–water partition coefficient (Wildman–Crippen LogP) is 3.67. The van der Waals surface area contributed by atoms with Crippen LogP contribution in [0.15, 0.2) is 61.2 Å². The van der Waals surface area contributed by atoms with Crippen molar-refractivity contribution in [3.8, 4) is 0 Å². The lowest BCUT2D eigenvalue weighted by atomic mass is 10.0. The molecule has 2 N–H and O–H groups in total. The van der Waals surface area contributed by atoms with Crippen LogP contribution in [0.5, 0.6) is 0 Å². The first-order chi connectivity index (χ1) is 12.6. The minimum absolute atomic E-state index is 0.246. The second-order valence-electron chi connectivity index (χ2n) is 6.19. The minimum Gasteiger partial charge on any atom is -0.347 e. The fourth-order valence-electron chi connectivity index (χ4n) is 2.58. The topological polar surface area (TPSA) is 79.8 Å². The molecule has 0 atom stereocenters. The summed E-state index contributed by atoms with van der Waals surface area (Å²) in [5.74, 6) is 0.718. The van der Waals surface area contributed by atoms with E-state index in [9.17, 15) is 4.79 Å². The summed E-state index contributed by atoms with van der Waals surface area (Å²) in [6, 6.07) is 13.4. The van der Waals surface area contributed by atoms with Crippen LogP contribution in [0.3, 0.4) is 0 Å². The maximum atomic E-state index is 12.4. The first-order valence-corrected chi connectivity index (χ1v) is 8.48. The molecule has 0 aliphatic rings. The van der Waals surface area contributed by atoms with Crippen molar-refractivity contribution in [1.29, 1.82) is 0 Å². The molecule has 0 spiro atoms. The van der Waals surface area contributed by atoms with Crippen LogP contribution in [0.4, 0.5) is 11.5 Å². The Morgan fingerprint density at radius 1 is 1.08 bits per heavy atom. The average Bonchev–Trinajstić information content (AvgIpc) is 2.67. The van der Waals surface area contributed by atoms with Gasteiger partial charge >= 0.3 is 0 Å². The molecule has 26 heavy (non-hydrogen) atoms. The van der Waals surface area contributed by atoms with Crippen LogP contribution in [0, 0.1) is 0 Å². The number of carbonyl (C=O) groups is 1.